The van der Waals surface area contributed by atoms with Crippen molar-refractivity contribution in [3.63, 3.8) is 0 Å². The molecule has 12 heteroatoms. The zero-order valence-corrected chi connectivity index (χ0v) is 21.4. The third kappa shape index (κ3) is 5.96. The van der Waals surface area contributed by atoms with Gasteiger partial charge in [0.05, 0.1) is 36.0 Å². The van der Waals surface area contributed by atoms with E-state index in [0.29, 0.717) is 49.1 Å². The molecule has 0 radical (unpaired) electrons. The molecule has 1 fully saturated rings. The minimum atomic E-state index is -2.67. The average Bonchev–Trinajstić information content (AvgIpc) is 3.07. The number of aromatic nitrogens is 4. The third-order valence-electron chi connectivity index (χ3n) is 6.26. The molecule has 0 aliphatic carbocycles. The molecule has 9 nitrogen and oxygen atoms in total. The zero-order valence-electron chi connectivity index (χ0n) is 20.6. The number of piperidine rings is 1. The summed E-state index contributed by atoms with van der Waals surface area (Å²) in [6.07, 6.45) is 1.34. The molecular weight excluding hydrogens is 494 g/mol. The van der Waals surface area contributed by atoms with Crippen LogP contribution in [0.5, 0.6) is 0 Å². The summed E-state index contributed by atoms with van der Waals surface area (Å²) in [5, 5.41) is 13.7. The Bertz CT molecular complexity index is 1280. The fourth-order valence-electron chi connectivity index (χ4n) is 4.17. The number of nitrogens with one attached hydrogen (secondary N) is 1. The van der Waals surface area contributed by atoms with E-state index in [1.165, 1.54) is 6.20 Å². The van der Waals surface area contributed by atoms with Crippen molar-refractivity contribution >= 4 is 40.1 Å². The van der Waals surface area contributed by atoms with Crippen molar-refractivity contribution in [3.05, 3.63) is 39.9 Å². The first-order valence-electron chi connectivity index (χ1n) is 11.8. The molecule has 1 aliphatic rings. The second-order valence-corrected chi connectivity index (χ2v) is 10.1. The van der Waals surface area contributed by atoms with Crippen LogP contribution in [0.25, 0.3) is 11.0 Å². The molecule has 0 amide bonds. The van der Waals surface area contributed by atoms with Crippen LogP contribution in [0.1, 0.15) is 33.1 Å². The Labute approximate surface area is 212 Å². The standard InChI is InChI=1S/C24H31ClF2N6O3/c1-23(2,35)6-11-32-19-14-16(4-5-18(19)33(22(32)34)12-13-36-3)29-20-17(25)15-28-21(30-20)31-9-7-24(26,27)8-10-31/h4-5,14-15,35H,6-13H2,1-3H3,(H,28,29,30). The summed E-state index contributed by atoms with van der Waals surface area (Å²) in [5.74, 6) is -2.01. The van der Waals surface area contributed by atoms with Gasteiger partial charge in [0.2, 0.25) is 5.95 Å². The Morgan fingerprint density at radius 2 is 1.89 bits per heavy atom. The SMILES string of the molecule is COCCn1c(=O)n(CCC(C)(C)O)c2cc(Nc3nc(N4CCC(F)(F)CC4)ncc3Cl)ccc21. The van der Waals surface area contributed by atoms with Crippen LogP contribution in [0.3, 0.4) is 0 Å². The van der Waals surface area contributed by atoms with Crippen LogP contribution < -0.4 is 15.9 Å². The quantitative estimate of drug-likeness (QED) is 0.436. The maximum atomic E-state index is 13.6. The summed E-state index contributed by atoms with van der Waals surface area (Å²) in [4.78, 5) is 23.6. The number of nitrogens with zero attached hydrogens (tertiary/aromatic N) is 5. The highest BCUT2D eigenvalue weighted by Gasteiger charge is 2.35. The summed E-state index contributed by atoms with van der Waals surface area (Å²) in [5.41, 5.74) is 0.948. The van der Waals surface area contributed by atoms with Crippen LogP contribution >= 0.6 is 11.6 Å². The van der Waals surface area contributed by atoms with Gasteiger partial charge in [-0.1, -0.05) is 11.6 Å². The number of methoxy groups -OCH3 is 1. The van der Waals surface area contributed by atoms with Gasteiger partial charge >= 0.3 is 5.69 Å². The Morgan fingerprint density at radius 1 is 1.19 bits per heavy atom. The number of anilines is 3. The van der Waals surface area contributed by atoms with Gasteiger partial charge < -0.3 is 20.1 Å². The third-order valence-corrected chi connectivity index (χ3v) is 6.53. The Hall–Kier alpha value is -2.76. The summed E-state index contributed by atoms with van der Waals surface area (Å²) in [6.45, 7) is 4.82. The summed E-state index contributed by atoms with van der Waals surface area (Å²) in [7, 11) is 1.58. The van der Waals surface area contributed by atoms with Crippen molar-refractivity contribution < 1.29 is 18.6 Å². The van der Waals surface area contributed by atoms with E-state index in [0.717, 1.165) is 5.52 Å². The second-order valence-electron chi connectivity index (χ2n) is 9.68. The lowest BCUT2D eigenvalue weighted by molar-refractivity contribution is -0.0222. The molecule has 3 aromatic rings. The smallest absolute Gasteiger partial charge is 0.329 e. The molecular formula is C24H31ClF2N6O3. The number of aliphatic hydroxyl groups is 1. The first kappa shape index (κ1) is 26.3. The largest absolute Gasteiger partial charge is 0.390 e. The number of hydrogen-bond acceptors (Lipinski definition) is 7. The topological polar surface area (TPSA) is 97.4 Å². The number of imidazole rings is 1. The fraction of sp³-hybridized carbons (Fsp3) is 0.542. The van der Waals surface area contributed by atoms with Gasteiger partial charge in [0, 0.05) is 45.3 Å². The van der Waals surface area contributed by atoms with Crippen molar-refractivity contribution in [2.75, 3.05) is 37.0 Å². The van der Waals surface area contributed by atoms with Gasteiger partial charge in [-0.05, 0) is 38.5 Å². The summed E-state index contributed by atoms with van der Waals surface area (Å²) < 4.78 is 35.6. The van der Waals surface area contributed by atoms with Gasteiger partial charge in [-0.15, -0.1) is 0 Å². The van der Waals surface area contributed by atoms with Gasteiger partial charge in [-0.2, -0.15) is 4.98 Å². The molecule has 1 saturated heterocycles. The van der Waals surface area contributed by atoms with Crippen molar-refractivity contribution in [1.82, 2.24) is 19.1 Å². The number of alkyl halides is 2. The lowest BCUT2D eigenvalue weighted by atomic mass is 10.1. The van der Waals surface area contributed by atoms with E-state index in [2.05, 4.69) is 15.3 Å². The van der Waals surface area contributed by atoms with Crippen LogP contribution in [-0.2, 0) is 17.8 Å². The lowest BCUT2D eigenvalue weighted by Gasteiger charge is -2.31. The maximum absolute atomic E-state index is 13.6. The van der Waals surface area contributed by atoms with Gasteiger partial charge in [0.1, 0.15) is 5.02 Å². The van der Waals surface area contributed by atoms with E-state index in [-0.39, 0.29) is 36.6 Å². The lowest BCUT2D eigenvalue weighted by Crippen LogP contribution is -2.40. The van der Waals surface area contributed by atoms with E-state index in [1.807, 2.05) is 18.2 Å². The van der Waals surface area contributed by atoms with Gasteiger partial charge in [-0.3, -0.25) is 9.13 Å². The minimum Gasteiger partial charge on any atom is -0.390 e. The Kier molecular flexibility index (Phi) is 7.53. The Balaban J connectivity index is 1.65. The molecule has 0 spiro atoms. The van der Waals surface area contributed by atoms with E-state index in [4.69, 9.17) is 16.3 Å². The molecule has 1 aromatic carbocycles. The first-order chi connectivity index (χ1) is 17.0. The predicted molar refractivity (Wildman–Crippen MR) is 136 cm³/mol. The molecule has 0 bridgehead atoms. The first-order valence-corrected chi connectivity index (χ1v) is 12.2. The summed E-state index contributed by atoms with van der Waals surface area (Å²) >= 11 is 6.34. The average molecular weight is 525 g/mol. The van der Waals surface area contributed by atoms with Gasteiger partial charge in [0.25, 0.3) is 5.92 Å². The van der Waals surface area contributed by atoms with Crippen molar-refractivity contribution in [2.24, 2.45) is 0 Å². The number of ether oxygens (including phenoxy) is 1. The van der Waals surface area contributed by atoms with Crippen LogP contribution in [0.2, 0.25) is 5.02 Å². The minimum absolute atomic E-state index is 0.155. The molecule has 4 rings (SSSR count). The van der Waals surface area contributed by atoms with Crippen molar-refractivity contribution in [3.8, 4) is 0 Å². The zero-order chi connectivity index (χ0) is 26.1. The molecule has 3 heterocycles. The number of hydrogen-bond donors (Lipinski definition) is 2. The molecule has 0 atom stereocenters. The number of benzene rings is 1. The number of halogens is 3. The van der Waals surface area contributed by atoms with Crippen LogP contribution in [0.4, 0.5) is 26.2 Å². The second kappa shape index (κ2) is 10.3. The molecule has 0 saturated carbocycles. The van der Waals surface area contributed by atoms with E-state index < -0.39 is 11.5 Å². The Morgan fingerprint density at radius 3 is 2.56 bits per heavy atom. The maximum Gasteiger partial charge on any atom is 0.329 e. The molecule has 0 unspecified atom stereocenters. The van der Waals surface area contributed by atoms with E-state index in [1.54, 1.807) is 35.0 Å². The molecule has 1 aliphatic heterocycles. The monoisotopic (exact) mass is 524 g/mol. The van der Waals surface area contributed by atoms with Crippen LogP contribution in [0, 0.1) is 0 Å². The highest BCUT2D eigenvalue weighted by Crippen LogP contribution is 2.31. The van der Waals surface area contributed by atoms with Crippen molar-refractivity contribution in [2.45, 2.75) is 57.7 Å². The van der Waals surface area contributed by atoms with Gasteiger partial charge in [-0.25, -0.2) is 18.6 Å². The van der Waals surface area contributed by atoms with Crippen LogP contribution in [-0.4, -0.2) is 62.5 Å². The molecule has 2 aromatic heterocycles. The number of rotatable bonds is 9. The fourth-order valence-corrected chi connectivity index (χ4v) is 4.30. The normalized spacial score (nSPS) is 16.0. The van der Waals surface area contributed by atoms with Gasteiger partial charge in [0.15, 0.2) is 5.82 Å². The number of aryl methyl sites for hydroxylation is 1. The van der Waals surface area contributed by atoms with E-state index in [9.17, 15) is 18.7 Å². The highest BCUT2D eigenvalue weighted by atomic mass is 35.5. The van der Waals surface area contributed by atoms with Crippen molar-refractivity contribution in [1.29, 1.82) is 0 Å². The summed E-state index contributed by atoms with van der Waals surface area (Å²) in [6, 6.07) is 5.47. The van der Waals surface area contributed by atoms with Crippen LogP contribution in [0.15, 0.2) is 29.2 Å². The van der Waals surface area contributed by atoms with E-state index >= 15 is 0 Å². The molecule has 196 valence electrons. The highest BCUT2D eigenvalue weighted by molar-refractivity contribution is 6.32. The molecule has 2 N–H and O–H groups in total. The predicted octanol–water partition coefficient (Wildman–Crippen LogP) is 4.03. The number of fused-ring (bicyclic) bond motifs is 1. The molecule has 36 heavy (non-hydrogen) atoms.